The van der Waals surface area contributed by atoms with Crippen LogP contribution in [0.5, 0.6) is 0 Å². The summed E-state index contributed by atoms with van der Waals surface area (Å²) < 4.78 is 41.6. The molecular formula is C23H23FN2O3S2. The SMILES string of the molecule is CSc1ccc(S(=O)(=O)N(CC(=O)N(C)Cc2ccccc2)c2cccc(F)c2)cc1. The number of hydrogen-bond acceptors (Lipinski definition) is 4. The molecule has 3 aromatic rings. The van der Waals surface area contributed by atoms with Crippen LogP contribution in [0.25, 0.3) is 0 Å². The molecule has 31 heavy (non-hydrogen) atoms. The lowest BCUT2D eigenvalue weighted by molar-refractivity contribution is -0.128. The summed E-state index contributed by atoms with van der Waals surface area (Å²) in [7, 11) is -2.48. The lowest BCUT2D eigenvalue weighted by Gasteiger charge is -2.27. The molecule has 0 fully saturated rings. The van der Waals surface area contributed by atoms with Crippen molar-refractivity contribution in [2.45, 2.75) is 16.3 Å². The Balaban J connectivity index is 1.91. The number of benzene rings is 3. The van der Waals surface area contributed by atoms with Crippen LogP contribution < -0.4 is 4.31 Å². The first-order chi connectivity index (χ1) is 14.8. The molecule has 0 aliphatic carbocycles. The van der Waals surface area contributed by atoms with Crippen LogP contribution in [0.1, 0.15) is 5.56 Å². The Morgan fingerprint density at radius 1 is 0.968 bits per heavy atom. The molecule has 0 aliphatic heterocycles. The van der Waals surface area contributed by atoms with Crippen molar-refractivity contribution in [2.75, 3.05) is 24.2 Å². The number of hydrogen-bond donors (Lipinski definition) is 0. The maximum atomic E-state index is 13.9. The van der Waals surface area contributed by atoms with Crippen molar-refractivity contribution in [1.82, 2.24) is 4.90 Å². The van der Waals surface area contributed by atoms with E-state index in [1.54, 1.807) is 19.2 Å². The minimum absolute atomic E-state index is 0.0353. The van der Waals surface area contributed by atoms with Gasteiger partial charge < -0.3 is 4.90 Å². The van der Waals surface area contributed by atoms with Crippen molar-refractivity contribution in [3.05, 3.63) is 90.2 Å². The van der Waals surface area contributed by atoms with Gasteiger partial charge in [-0.25, -0.2) is 12.8 Å². The quantitative estimate of drug-likeness (QED) is 0.470. The third kappa shape index (κ3) is 5.65. The monoisotopic (exact) mass is 458 g/mol. The number of carbonyl (C=O) groups excluding carboxylic acids is 1. The van der Waals surface area contributed by atoms with E-state index < -0.39 is 28.3 Å². The highest BCUT2D eigenvalue weighted by Gasteiger charge is 2.28. The second-order valence-electron chi connectivity index (χ2n) is 6.90. The number of halogens is 1. The second kappa shape index (κ2) is 9.98. The molecule has 0 N–H and O–H groups in total. The number of anilines is 1. The molecule has 0 unspecified atom stereocenters. The highest BCUT2D eigenvalue weighted by Crippen LogP contribution is 2.26. The van der Waals surface area contributed by atoms with E-state index in [4.69, 9.17) is 0 Å². The molecule has 0 atom stereocenters. The lowest BCUT2D eigenvalue weighted by Crippen LogP contribution is -2.41. The summed E-state index contributed by atoms with van der Waals surface area (Å²) in [5.74, 6) is -0.988. The van der Waals surface area contributed by atoms with Crippen molar-refractivity contribution in [3.63, 3.8) is 0 Å². The predicted molar refractivity (Wildman–Crippen MR) is 122 cm³/mol. The molecule has 5 nitrogen and oxygen atoms in total. The summed E-state index contributed by atoms with van der Waals surface area (Å²) >= 11 is 1.49. The fourth-order valence-electron chi connectivity index (χ4n) is 3.01. The first-order valence-electron chi connectivity index (χ1n) is 9.51. The van der Waals surface area contributed by atoms with E-state index in [2.05, 4.69) is 0 Å². The molecule has 3 rings (SSSR count). The average molecular weight is 459 g/mol. The third-order valence-electron chi connectivity index (χ3n) is 4.71. The van der Waals surface area contributed by atoms with E-state index in [1.807, 2.05) is 36.6 Å². The van der Waals surface area contributed by atoms with E-state index in [9.17, 15) is 17.6 Å². The number of sulfonamides is 1. The van der Waals surface area contributed by atoms with E-state index in [0.29, 0.717) is 6.54 Å². The maximum Gasteiger partial charge on any atom is 0.264 e. The highest BCUT2D eigenvalue weighted by molar-refractivity contribution is 7.98. The topological polar surface area (TPSA) is 57.7 Å². The Morgan fingerprint density at radius 2 is 1.65 bits per heavy atom. The van der Waals surface area contributed by atoms with Gasteiger partial charge in [0, 0.05) is 18.5 Å². The summed E-state index contributed by atoms with van der Waals surface area (Å²) in [5.41, 5.74) is 1.02. The summed E-state index contributed by atoms with van der Waals surface area (Å²) in [5, 5.41) is 0. The van der Waals surface area contributed by atoms with Gasteiger partial charge in [0.05, 0.1) is 10.6 Å². The Labute approximate surface area is 186 Å². The smallest absolute Gasteiger partial charge is 0.264 e. The molecule has 0 heterocycles. The molecule has 0 saturated heterocycles. The Kier molecular flexibility index (Phi) is 7.35. The zero-order valence-corrected chi connectivity index (χ0v) is 18.9. The molecule has 162 valence electrons. The van der Waals surface area contributed by atoms with Crippen molar-refractivity contribution in [3.8, 4) is 0 Å². The highest BCUT2D eigenvalue weighted by atomic mass is 32.2. The Morgan fingerprint density at radius 3 is 2.26 bits per heavy atom. The van der Waals surface area contributed by atoms with Gasteiger partial charge in [-0.1, -0.05) is 36.4 Å². The number of carbonyl (C=O) groups is 1. The van der Waals surface area contributed by atoms with Crippen LogP contribution >= 0.6 is 11.8 Å². The van der Waals surface area contributed by atoms with Crippen molar-refractivity contribution >= 4 is 33.4 Å². The Bertz CT molecular complexity index is 1140. The largest absolute Gasteiger partial charge is 0.340 e. The number of amides is 1. The van der Waals surface area contributed by atoms with E-state index in [0.717, 1.165) is 20.8 Å². The van der Waals surface area contributed by atoms with Gasteiger partial charge in [0.2, 0.25) is 5.91 Å². The standard InChI is InChI=1S/C23H23FN2O3S2/c1-25(16-18-7-4-3-5-8-18)23(27)17-26(20-10-6-9-19(24)15-20)31(28,29)22-13-11-21(30-2)12-14-22/h3-15H,16-17H2,1-2H3. The van der Waals surface area contributed by atoms with E-state index in [1.165, 1.54) is 47.0 Å². The van der Waals surface area contributed by atoms with Crippen LogP contribution in [0.15, 0.2) is 88.7 Å². The minimum Gasteiger partial charge on any atom is -0.340 e. The number of rotatable bonds is 8. The van der Waals surface area contributed by atoms with Crippen LogP contribution in [-0.4, -0.2) is 39.1 Å². The van der Waals surface area contributed by atoms with E-state index in [-0.39, 0.29) is 10.6 Å². The zero-order chi connectivity index (χ0) is 22.4. The molecule has 0 bridgehead atoms. The van der Waals surface area contributed by atoms with Crippen LogP contribution in [-0.2, 0) is 21.4 Å². The van der Waals surface area contributed by atoms with Gasteiger partial charge in [-0.2, -0.15) is 0 Å². The lowest BCUT2D eigenvalue weighted by atomic mass is 10.2. The molecule has 0 saturated carbocycles. The fourth-order valence-corrected chi connectivity index (χ4v) is 4.82. The van der Waals surface area contributed by atoms with Crippen LogP contribution in [0.3, 0.4) is 0 Å². The molecule has 3 aromatic carbocycles. The van der Waals surface area contributed by atoms with Gasteiger partial charge in [0.15, 0.2) is 0 Å². The zero-order valence-electron chi connectivity index (χ0n) is 17.2. The van der Waals surface area contributed by atoms with Gasteiger partial charge >= 0.3 is 0 Å². The number of nitrogens with zero attached hydrogens (tertiary/aromatic N) is 2. The van der Waals surface area contributed by atoms with E-state index >= 15 is 0 Å². The maximum absolute atomic E-state index is 13.9. The minimum atomic E-state index is -4.09. The third-order valence-corrected chi connectivity index (χ3v) is 7.24. The van der Waals surface area contributed by atoms with Gasteiger partial charge in [-0.05, 0) is 54.3 Å². The molecular weight excluding hydrogens is 435 g/mol. The summed E-state index contributed by atoms with van der Waals surface area (Å²) in [6.45, 7) is -0.113. The second-order valence-corrected chi connectivity index (χ2v) is 9.64. The summed E-state index contributed by atoms with van der Waals surface area (Å²) in [6.07, 6.45) is 1.89. The Hall–Kier alpha value is -2.84. The van der Waals surface area contributed by atoms with Gasteiger partial charge in [0.1, 0.15) is 12.4 Å². The van der Waals surface area contributed by atoms with Gasteiger partial charge in [-0.15, -0.1) is 11.8 Å². The summed E-state index contributed by atoms with van der Waals surface area (Å²) in [6, 6.07) is 21.0. The van der Waals surface area contributed by atoms with Gasteiger partial charge in [0.25, 0.3) is 10.0 Å². The molecule has 0 aromatic heterocycles. The van der Waals surface area contributed by atoms with Crippen molar-refractivity contribution in [2.24, 2.45) is 0 Å². The number of thioether (sulfide) groups is 1. The predicted octanol–water partition coefficient (Wildman–Crippen LogP) is 4.40. The van der Waals surface area contributed by atoms with Crippen LogP contribution in [0.4, 0.5) is 10.1 Å². The van der Waals surface area contributed by atoms with Crippen LogP contribution in [0.2, 0.25) is 0 Å². The van der Waals surface area contributed by atoms with Gasteiger partial charge in [-0.3, -0.25) is 9.10 Å². The first kappa shape index (κ1) is 22.8. The summed E-state index contributed by atoms with van der Waals surface area (Å²) in [4.78, 5) is 15.3. The molecule has 1 amide bonds. The molecule has 0 aliphatic rings. The van der Waals surface area contributed by atoms with Crippen molar-refractivity contribution < 1.29 is 17.6 Å². The first-order valence-corrected chi connectivity index (χ1v) is 12.2. The van der Waals surface area contributed by atoms with Crippen LogP contribution in [0, 0.1) is 5.82 Å². The number of likely N-dealkylation sites (N-methyl/N-ethyl adjacent to an activating group) is 1. The molecule has 8 heteroatoms. The van der Waals surface area contributed by atoms with Crippen molar-refractivity contribution in [1.29, 1.82) is 0 Å². The molecule has 0 radical (unpaired) electrons. The normalized spacial score (nSPS) is 11.2. The molecule has 0 spiro atoms. The average Bonchev–Trinajstić information content (AvgIpc) is 2.77. The fraction of sp³-hybridized carbons (Fsp3) is 0.174.